The van der Waals surface area contributed by atoms with Crippen LogP contribution in [0.5, 0.6) is 5.75 Å². The Bertz CT molecular complexity index is 1940. The van der Waals surface area contributed by atoms with Gasteiger partial charge in [0.1, 0.15) is 23.2 Å². The maximum absolute atomic E-state index is 15.0. The van der Waals surface area contributed by atoms with Gasteiger partial charge in [-0.25, -0.2) is 5.01 Å². The van der Waals surface area contributed by atoms with Gasteiger partial charge in [0.05, 0.1) is 24.2 Å². The summed E-state index contributed by atoms with van der Waals surface area (Å²) >= 11 is 0. The summed E-state index contributed by atoms with van der Waals surface area (Å²) in [5, 5.41) is 12.1. The molecule has 0 spiro atoms. The molecule has 0 bridgehead atoms. The van der Waals surface area contributed by atoms with Gasteiger partial charge in [-0.05, 0) is 76.3 Å². The van der Waals surface area contributed by atoms with Crippen molar-refractivity contribution >= 4 is 28.5 Å². The number of aryl methyl sites for hydroxylation is 2. The second kappa shape index (κ2) is 21.1. The molecule has 0 fully saturated rings. The number of carbonyl (C=O) groups is 3. The molecule has 0 saturated carbocycles. The number of aromatic nitrogens is 1. The lowest BCUT2D eigenvalue weighted by atomic mass is 9.92. The minimum Gasteiger partial charge on any atom is -0.488 e. The highest BCUT2D eigenvalue weighted by Crippen LogP contribution is 2.27. The van der Waals surface area contributed by atoms with Crippen LogP contribution in [-0.2, 0) is 50.3 Å². The molecular weight excluding hydrogens is 707 g/mol. The number of nitriles is 1. The summed E-state index contributed by atoms with van der Waals surface area (Å²) in [5.41, 5.74) is 6.63. The normalized spacial score (nSPS) is 12.1. The number of fused-ring (bicyclic) bond motifs is 1. The van der Waals surface area contributed by atoms with Gasteiger partial charge in [-0.3, -0.25) is 19.8 Å². The lowest BCUT2D eigenvalue weighted by molar-refractivity contribution is -0.162. The summed E-state index contributed by atoms with van der Waals surface area (Å²) in [5.74, 6) is -0.731. The van der Waals surface area contributed by atoms with E-state index >= 15 is 0 Å². The van der Waals surface area contributed by atoms with Crippen molar-refractivity contribution in [1.82, 2.24) is 19.9 Å². The molecule has 2 amide bonds. The number of hydrogen-bond acceptors (Lipinski definition) is 8. The second-order valence-corrected chi connectivity index (χ2v) is 14.8. The van der Waals surface area contributed by atoms with Crippen LogP contribution in [-0.4, -0.2) is 76.8 Å². The third-order valence-electron chi connectivity index (χ3n) is 9.09. The fraction of sp³-hybridized carbons (Fsp3) is 0.422. The third-order valence-corrected chi connectivity index (χ3v) is 9.09. The topological polar surface area (TPSA) is 126 Å². The highest BCUT2D eigenvalue weighted by Gasteiger charge is 2.31. The van der Waals surface area contributed by atoms with E-state index in [-0.39, 0.29) is 68.6 Å². The predicted molar refractivity (Wildman–Crippen MR) is 218 cm³/mol. The van der Waals surface area contributed by atoms with Crippen molar-refractivity contribution in [2.75, 3.05) is 32.8 Å². The van der Waals surface area contributed by atoms with Crippen molar-refractivity contribution in [2.45, 2.75) is 78.7 Å². The average molecular weight is 764 g/mol. The van der Waals surface area contributed by atoms with Crippen molar-refractivity contribution < 1.29 is 28.6 Å². The fourth-order valence-electron chi connectivity index (χ4n) is 6.74. The van der Waals surface area contributed by atoms with Gasteiger partial charge in [-0.15, -0.1) is 6.58 Å². The first-order valence-electron chi connectivity index (χ1n) is 19.3. The number of Topliss-reactive ketones (excluding diaryl/α,β-unsaturated/α-hetero) is 1. The number of hydrogen-bond donors (Lipinski definition) is 1. The molecule has 4 rings (SSSR count). The van der Waals surface area contributed by atoms with Crippen molar-refractivity contribution in [3.05, 3.63) is 114 Å². The number of ketones is 1. The fourth-order valence-corrected chi connectivity index (χ4v) is 6.74. The Labute approximate surface area is 331 Å². The standard InChI is InChI=1S/C45H57N5O6/c1-8-25-50(47-41(52)24-21-33-15-12-11-13-16-33)31-38(51)27-36(26-34-19-22-39(23-20-34)56-45(4,5)6)44(53)49(32-42(54-9-2)55-10-3)30-35-17-14-18-40-37(28-46)29-48(7)43(35)40/h8,11-20,22-23,29,36,42H,1,9-10,21,24-27,30-32H2,2-7H3,(H,47,52)/t36-/m1/s1. The lowest BCUT2D eigenvalue weighted by Gasteiger charge is -2.31. The van der Waals surface area contributed by atoms with Crippen molar-refractivity contribution in [2.24, 2.45) is 13.0 Å². The van der Waals surface area contributed by atoms with E-state index in [1.54, 1.807) is 22.2 Å². The summed E-state index contributed by atoms with van der Waals surface area (Å²) in [6.07, 6.45) is 3.73. The van der Waals surface area contributed by atoms with Gasteiger partial charge >= 0.3 is 0 Å². The van der Waals surface area contributed by atoms with E-state index < -0.39 is 12.2 Å². The van der Waals surface area contributed by atoms with Gasteiger partial charge in [0.2, 0.25) is 11.8 Å². The zero-order valence-electron chi connectivity index (χ0n) is 33.8. The number of nitrogens with one attached hydrogen (secondary N) is 1. The maximum Gasteiger partial charge on any atom is 0.234 e. The molecule has 56 heavy (non-hydrogen) atoms. The first-order chi connectivity index (χ1) is 26.8. The zero-order chi connectivity index (χ0) is 40.7. The summed E-state index contributed by atoms with van der Waals surface area (Å²) in [4.78, 5) is 43.6. The molecule has 0 aliphatic heterocycles. The van der Waals surface area contributed by atoms with Crippen LogP contribution in [0, 0.1) is 17.2 Å². The second-order valence-electron chi connectivity index (χ2n) is 14.8. The Balaban J connectivity index is 1.64. The number of rotatable bonds is 22. The Hall–Kier alpha value is -5.28. The van der Waals surface area contributed by atoms with E-state index in [9.17, 15) is 19.6 Å². The number of amides is 2. The molecule has 1 N–H and O–H groups in total. The average Bonchev–Trinajstić information content (AvgIpc) is 3.50. The van der Waals surface area contributed by atoms with E-state index in [2.05, 4.69) is 18.1 Å². The molecule has 1 aromatic heterocycles. The summed E-state index contributed by atoms with van der Waals surface area (Å²) in [7, 11) is 1.88. The van der Waals surface area contributed by atoms with Gasteiger partial charge in [0.25, 0.3) is 0 Å². The van der Waals surface area contributed by atoms with Crippen molar-refractivity contribution in [3.63, 3.8) is 0 Å². The van der Waals surface area contributed by atoms with Crippen LogP contribution >= 0.6 is 0 Å². The molecule has 0 aliphatic carbocycles. The molecule has 4 aromatic rings. The maximum atomic E-state index is 15.0. The number of para-hydroxylation sites is 1. The van der Waals surface area contributed by atoms with E-state index in [4.69, 9.17) is 14.2 Å². The van der Waals surface area contributed by atoms with Crippen LogP contribution in [0.1, 0.15) is 69.7 Å². The molecule has 0 radical (unpaired) electrons. The molecule has 11 nitrogen and oxygen atoms in total. The summed E-state index contributed by atoms with van der Waals surface area (Å²) in [6, 6.07) is 25.3. The molecule has 0 saturated heterocycles. The first kappa shape index (κ1) is 43.4. The number of ether oxygens (including phenoxy) is 3. The molecule has 3 aromatic carbocycles. The van der Waals surface area contributed by atoms with Gasteiger partial charge in [-0.1, -0.05) is 66.7 Å². The number of carbonyl (C=O) groups excluding carboxylic acids is 3. The van der Waals surface area contributed by atoms with Crippen LogP contribution in [0.15, 0.2) is 91.6 Å². The SMILES string of the molecule is C=CCN(CC(=O)C[C@@H](Cc1ccc(OC(C)(C)C)cc1)C(=O)N(Cc1cccc2c(C#N)cn(C)c12)CC(OCC)OCC)NC(=O)CCc1ccccc1. The van der Waals surface area contributed by atoms with E-state index in [1.165, 1.54) is 0 Å². The van der Waals surface area contributed by atoms with E-state index in [0.717, 1.165) is 27.6 Å². The minimum atomic E-state index is -0.762. The molecule has 11 heteroatoms. The lowest BCUT2D eigenvalue weighted by Crippen LogP contribution is -2.46. The molecule has 1 heterocycles. The molecule has 0 aliphatic rings. The van der Waals surface area contributed by atoms with Gasteiger partial charge in [-0.2, -0.15) is 5.26 Å². The number of benzene rings is 3. The molecule has 0 unspecified atom stereocenters. The van der Waals surface area contributed by atoms with Crippen LogP contribution < -0.4 is 10.2 Å². The summed E-state index contributed by atoms with van der Waals surface area (Å²) in [6.45, 7) is 14.7. The van der Waals surface area contributed by atoms with Crippen LogP contribution in [0.4, 0.5) is 0 Å². The van der Waals surface area contributed by atoms with Crippen molar-refractivity contribution in [3.8, 4) is 11.8 Å². The Morgan fingerprint density at radius 3 is 2.29 bits per heavy atom. The smallest absolute Gasteiger partial charge is 0.234 e. The van der Waals surface area contributed by atoms with Crippen LogP contribution in [0.3, 0.4) is 0 Å². The summed E-state index contributed by atoms with van der Waals surface area (Å²) < 4.78 is 19.8. The van der Waals surface area contributed by atoms with E-state index in [1.807, 2.05) is 119 Å². The Morgan fingerprint density at radius 1 is 0.964 bits per heavy atom. The molecular formula is C45H57N5O6. The van der Waals surface area contributed by atoms with Gasteiger partial charge in [0.15, 0.2) is 6.29 Å². The van der Waals surface area contributed by atoms with Gasteiger partial charge in [0, 0.05) is 63.7 Å². The monoisotopic (exact) mass is 763 g/mol. The number of nitrogens with zero attached hydrogens (tertiary/aromatic N) is 4. The third kappa shape index (κ3) is 13.2. The van der Waals surface area contributed by atoms with Crippen molar-refractivity contribution in [1.29, 1.82) is 5.26 Å². The predicted octanol–water partition coefficient (Wildman–Crippen LogP) is 6.93. The van der Waals surface area contributed by atoms with Crippen LogP contribution in [0.25, 0.3) is 10.9 Å². The van der Waals surface area contributed by atoms with E-state index in [0.29, 0.717) is 30.9 Å². The largest absolute Gasteiger partial charge is 0.488 e. The molecule has 298 valence electrons. The molecule has 1 atom stereocenters. The van der Waals surface area contributed by atoms with Gasteiger partial charge < -0.3 is 23.7 Å². The highest BCUT2D eigenvalue weighted by molar-refractivity contribution is 5.90. The first-order valence-corrected chi connectivity index (χ1v) is 19.3. The minimum absolute atomic E-state index is 0.0794. The Morgan fingerprint density at radius 2 is 1.66 bits per heavy atom. The van der Waals surface area contributed by atoms with Crippen LogP contribution in [0.2, 0.25) is 0 Å². The number of hydrazine groups is 1. The quantitative estimate of drug-likeness (QED) is 0.0520. The highest BCUT2D eigenvalue weighted by atomic mass is 16.7. The zero-order valence-corrected chi connectivity index (χ0v) is 33.8. The Kier molecular flexibility index (Phi) is 16.4.